The average molecular weight is 266 g/mol. The minimum Gasteiger partial charge on any atom is -0.496 e. The summed E-state index contributed by atoms with van der Waals surface area (Å²) in [5.41, 5.74) is 0.545. The van der Waals surface area contributed by atoms with Gasteiger partial charge >= 0.3 is 5.97 Å². The summed E-state index contributed by atoms with van der Waals surface area (Å²) in [4.78, 5) is 12.4. The lowest BCUT2D eigenvalue weighted by atomic mass is 9.86. The van der Waals surface area contributed by atoms with Gasteiger partial charge in [0.15, 0.2) is 0 Å². The van der Waals surface area contributed by atoms with Crippen LogP contribution in [0.25, 0.3) is 0 Å². The molecule has 1 atom stereocenters. The number of thioether (sulfide) groups is 1. The lowest BCUT2D eigenvalue weighted by molar-refractivity contribution is -0.147. The molecule has 1 aromatic carbocycles. The number of ether oxygens (including phenoxy) is 1. The third kappa shape index (κ3) is 2.48. The first kappa shape index (κ1) is 13.3. The van der Waals surface area contributed by atoms with Gasteiger partial charge in [0.1, 0.15) is 5.75 Å². The van der Waals surface area contributed by atoms with Crippen LogP contribution >= 0.6 is 11.8 Å². The Morgan fingerprint density at radius 1 is 1.56 bits per heavy atom. The Morgan fingerprint density at radius 3 is 2.89 bits per heavy atom. The molecule has 18 heavy (non-hydrogen) atoms. The molecule has 0 saturated carbocycles. The molecule has 4 heteroatoms. The van der Waals surface area contributed by atoms with Gasteiger partial charge in [-0.15, -0.1) is 11.8 Å². The van der Waals surface area contributed by atoms with Crippen LogP contribution in [0.4, 0.5) is 0 Å². The molecule has 2 rings (SSSR count). The molecular weight excluding hydrogens is 248 g/mol. The number of hydrogen-bond donors (Lipinski definition) is 1. The highest BCUT2D eigenvalue weighted by Crippen LogP contribution is 2.45. The van der Waals surface area contributed by atoms with Gasteiger partial charge in [0.2, 0.25) is 0 Å². The van der Waals surface area contributed by atoms with E-state index in [4.69, 9.17) is 4.74 Å². The van der Waals surface area contributed by atoms with Crippen LogP contribution in [-0.4, -0.2) is 23.4 Å². The maximum absolute atomic E-state index is 11.2. The largest absolute Gasteiger partial charge is 0.496 e. The van der Waals surface area contributed by atoms with Crippen LogP contribution in [0.2, 0.25) is 0 Å². The Kier molecular flexibility index (Phi) is 3.57. The number of carbonyl (C=O) groups is 1. The summed E-state index contributed by atoms with van der Waals surface area (Å²) >= 11 is 1.77. The molecule has 0 saturated heterocycles. The molecular formula is C14H18O3S. The fraction of sp³-hybridized carbons (Fsp3) is 0.500. The van der Waals surface area contributed by atoms with Gasteiger partial charge < -0.3 is 9.84 Å². The van der Waals surface area contributed by atoms with Gasteiger partial charge in [-0.2, -0.15) is 0 Å². The van der Waals surface area contributed by atoms with E-state index in [2.05, 4.69) is 6.07 Å². The van der Waals surface area contributed by atoms with E-state index >= 15 is 0 Å². The van der Waals surface area contributed by atoms with E-state index in [-0.39, 0.29) is 0 Å². The Hall–Kier alpha value is -1.16. The van der Waals surface area contributed by atoms with Gasteiger partial charge in [0.25, 0.3) is 0 Å². The van der Waals surface area contributed by atoms with E-state index in [0.29, 0.717) is 11.7 Å². The number of carboxylic acids is 1. The van der Waals surface area contributed by atoms with Crippen LogP contribution in [-0.2, 0) is 11.2 Å². The second kappa shape index (κ2) is 4.84. The van der Waals surface area contributed by atoms with Crippen molar-refractivity contribution in [2.45, 2.75) is 36.8 Å². The predicted molar refractivity (Wildman–Crippen MR) is 72.4 cm³/mol. The van der Waals surface area contributed by atoms with Gasteiger partial charge in [0.05, 0.1) is 12.5 Å². The number of fused-ring (bicyclic) bond motifs is 1. The van der Waals surface area contributed by atoms with Crippen molar-refractivity contribution in [1.82, 2.24) is 0 Å². The zero-order chi connectivity index (χ0) is 13.3. The molecule has 0 bridgehead atoms. The predicted octanol–water partition coefficient (Wildman–Crippen LogP) is 3.21. The molecule has 0 aliphatic carbocycles. The van der Waals surface area contributed by atoms with Crippen molar-refractivity contribution in [3.63, 3.8) is 0 Å². The lowest BCUT2D eigenvalue weighted by Gasteiger charge is -2.22. The molecule has 1 aliphatic heterocycles. The molecule has 0 radical (unpaired) electrons. The van der Waals surface area contributed by atoms with E-state index in [0.717, 1.165) is 12.2 Å². The van der Waals surface area contributed by atoms with Crippen molar-refractivity contribution in [2.24, 2.45) is 5.41 Å². The summed E-state index contributed by atoms with van der Waals surface area (Å²) in [5.74, 6) is 0.182. The third-order valence-electron chi connectivity index (χ3n) is 3.35. The number of rotatable bonds is 4. The Balaban J connectivity index is 2.13. The van der Waals surface area contributed by atoms with Crippen molar-refractivity contribution < 1.29 is 14.6 Å². The van der Waals surface area contributed by atoms with E-state index in [9.17, 15) is 9.90 Å². The van der Waals surface area contributed by atoms with Crippen molar-refractivity contribution in [1.29, 1.82) is 0 Å². The quantitative estimate of drug-likeness (QED) is 0.909. The van der Waals surface area contributed by atoms with E-state index in [1.165, 1.54) is 10.5 Å². The van der Waals surface area contributed by atoms with Crippen molar-refractivity contribution in [3.05, 3.63) is 23.8 Å². The monoisotopic (exact) mass is 266 g/mol. The SMILES string of the molecule is COc1cccc2c1CC(CC(C)(C)C(=O)O)S2. The topological polar surface area (TPSA) is 46.5 Å². The first-order valence-electron chi connectivity index (χ1n) is 6.00. The lowest BCUT2D eigenvalue weighted by Crippen LogP contribution is -2.27. The van der Waals surface area contributed by atoms with Crippen LogP contribution in [0.3, 0.4) is 0 Å². The molecule has 0 fully saturated rings. The van der Waals surface area contributed by atoms with E-state index < -0.39 is 11.4 Å². The molecule has 0 amide bonds. The molecule has 1 aliphatic rings. The summed E-state index contributed by atoms with van der Waals surface area (Å²) in [6, 6.07) is 6.02. The van der Waals surface area contributed by atoms with Gasteiger partial charge in [-0.25, -0.2) is 0 Å². The Labute approximate surface area is 112 Å². The molecule has 0 spiro atoms. The van der Waals surface area contributed by atoms with Crippen molar-refractivity contribution in [2.75, 3.05) is 7.11 Å². The van der Waals surface area contributed by atoms with E-state index in [1.807, 2.05) is 12.1 Å². The summed E-state index contributed by atoms with van der Waals surface area (Å²) < 4.78 is 5.35. The fourth-order valence-electron chi connectivity index (χ4n) is 2.27. The molecule has 1 unspecified atom stereocenters. The average Bonchev–Trinajstić information content (AvgIpc) is 2.69. The summed E-state index contributed by atoms with van der Waals surface area (Å²) in [6.45, 7) is 3.58. The Morgan fingerprint density at radius 2 is 2.28 bits per heavy atom. The third-order valence-corrected chi connectivity index (χ3v) is 4.66. The maximum Gasteiger partial charge on any atom is 0.309 e. The van der Waals surface area contributed by atoms with Crippen LogP contribution in [0.15, 0.2) is 23.1 Å². The van der Waals surface area contributed by atoms with Crippen LogP contribution in [0, 0.1) is 5.41 Å². The molecule has 3 nitrogen and oxygen atoms in total. The first-order valence-corrected chi connectivity index (χ1v) is 6.88. The summed E-state index contributed by atoms with van der Waals surface area (Å²) in [5, 5.41) is 9.51. The zero-order valence-electron chi connectivity index (χ0n) is 10.9. The number of benzene rings is 1. The normalized spacial score (nSPS) is 18.5. The van der Waals surface area contributed by atoms with Crippen molar-refractivity contribution in [3.8, 4) is 5.75 Å². The summed E-state index contributed by atoms with van der Waals surface area (Å²) in [7, 11) is 1.68. The minimum atomic E-state index is -0.731. The molecule has 1 aromatic rings. The Bertz CT molecular complexity index is 468. The second-order valence-electron chi connectivity index (χ2n) is 5.27. The molecule has 98 valence electrons. The van der Waals surface area contributed by atoms with Crippen LogP contribution in [0.5, 0.6) is 5.75 Å². The highest BCUT2D eigenvalue weighted by Gasteiger charge is 2.34. The smallest absolute Gasteiger partial charge is 0.309 e. The molecule has 1 heterocycles. The number of carboxylic acid groups (broad SMARTS) is 1. The molecule has 1 N–H and O–H groups in total. The van der Waals surface area contributed by atoms with E-state index in [1.54, 1.807) is 32.7 Å². The van der Waals surface area contributed by atoms with Crippen LogP contribution < -0.4 is 4.74 Å². The number of aliphatic carboxylic acids is 1. The van der Waals surface area contributed by atoms with Gasteiger partial charge in [0, 0.05) is 15.7 Å². The molecule has 0 aromatic heterocycles. The van der Waals surface area contributed by atoms with Crippen molar-refractivity contribution >= 4 is 17.7 Å². The minimum absolute atomic E-state index is 0.322. The standard InChI is InChI=1S/C14H18O3S/c1-14(2,13(15)16)8-9-7-10-11(17-3)5-4-6-12(10)18-9/h4-6,9H,7-8H2,1-3H3,(H,15,16). The first-order chi connectivity index (χ1) is 8.44. The van der Waals surface area contributed by atoms with Crippen LogP contribution in [0.1, 0.15) is 25.8 Å². The van der Waals surface area contributed by atoms with Gasteiger partial charge in [-0.3, -0.25) is 4.79 Å². The highest BCUT2D eigenvalue weighted by molar-refractivity contribution is 8.00. The van der Waals surface area contributed by atoms with Gasteiger partial charge in [-0.1, -0.05) is 6.07 Å². The maximum atomic E-state index is 11.2. The fourth-order valence-corrected chi connectivity index (χ4v) is 3.86. The number of methoxy groups -OCH3 is 1. The highest BCUT2D eigenvalue weighted by atomic mass is 32.2. The zero-order valence-corrected chi connectivity index (χ0v) is 11.7. The summed E-state index contributed by atoms with van der Waals surface area (Å²) in [6.07, 6.45) is 1.56. The number of hydrogen-bond acceptors (Lipinski definition) is 3. The second-order valence-corrected chi connectivity index (χ2v) is 6.62. The van der Waals surface area contributed by atoms with Gasteiger partial charge in [-0.05, 0) is 38.8 Å².